The quantitative estimate of drug-likeness (QED) is 0.752. The molecule has 1 aliphatic rings. The molecule has 1 saturated heterocycles. The lowest BCUT2D eigenvalue weighted by molar-refractivity contribution is 0.0799. The lowest BCUT2D eigenvalue weighted by Gasteiger charge is -2.33. The Bertz CT molecular complexity index is 749. The molecule has 0 atom stereocenters. The molecule has 0 spiro atoms. The molecule has 0 aliphatic carbocycles. The number of aromatic nitrogens is 1. The van der Waals surface area contributed by atoms with Crippen LogP contribution in [0.5, 0.6) is 0 Å². The molecular formula is C21H28N4O2. The fourth-order valence-electron chi connectivity index (χ4n) is 3.16. The number of rotatable bonds is 7. The molecule has 1 aliphatic heterocycles. The summed E-state index contributed by atoms with van der Waals surface area (Å²) >= 11 is 0. The number of nitrogens with zero attached hydrogens (tertiary/aromatic N) is 4. The molecule has 27 heavy (non-hydrogen) atoms. The number of hydrogen-bond acceptors (Lipinski definition) is 5. The van der Waals surface area contributed by atoms with Crippen molar-refractivity contribution in [1.82, 2.24) is 19.9 Å². The van der Waals surface area contributed by atoms with Gasteiger partial charge in [0.2, 0.25) is 0 Å². The number of piperazine rings is 1. The van der Waals surface area contributed by atoms with Gasteiger partial charge in [-0.05, 0) is 12.1 Å². The average molecular weight is 368 g/mol. The van der Waals surface area contributed by atoms with Gasteiger partial charge in [-0.25, -0.2) is 0 Å². The zero-order valence-electron chi connectivity index (χ0n) is 16.2. The van der Waals surface area contributed by atoms with Crippen LogP contribution in [0.4, 0.5) is 0 Å². The molecule has 3 rings (SSSR count). The zero-order chi connectivity index (χ0) is 19.1. The second-order valence-electron chi connectivity index (χ2n) is 6.89. The van der Waals surface area contributed by atoms with Crippen molar-refractivity contribution in [1.29, 1.82) is 0 Å². The summed E-state index contributed by atoms with van der Waals surface area (Å²) in [4.78, 5) is 18.9. The SMILES string of the molecule is CCN1CCN(Cc2cc(C(=O)N(C)CC=Cc3ccccc3)no2)CC1. The first kappa shape index (κ1) is 19.3. The fraction of sp³-hybridized carbons (Fsp3) is 0.429. The van der Waals surface area contributed by atoms with Crippen molar-refractivity contribution in [3.05, 3.63) is 59.5 Å². The van der Waals surface area contributed by atoms with E-state index in [2.05, 4.69) is 21.9 Å². The second-order valence-corrected chi connectivity index (χ2v) is 6.89. The third-order valence-electron chi connectivity index (χ3n) is 4.91. The van der Waals surface area contributed by atoms with Crippen molar-refractivity contribution in [2.24, 2.45) is 0 Å². The monoisotopic (exact) mass is 368 g/mol. The van der Waals surface area contributed by atoms with Gasteiger partial charge in [0.1, 0.15) is 0 Å². The van der Waals surface area contributed by atoms with E-state index >= 15 is 0 Å². The predicted molar refractivity (Wildman–Crippen MR) is 106 cm³/mol. The van der Waals surface area contributed by atoms with Crippen molar-refractivity contribution >= 4 is 12.0 Å². The maximum absolute atomic E-state index is 12.5. The lowest BCUT2D eigenvalue weighted by atomic mass is 10.2. The zero-order valence-corrected chi connectivity index (χ0v) is 16.2. The van der Waals surface area contributed by atoms with E-state index in [0.717, 1.165) is 44.0 Å². The van der Waals surface area contributed by atoms with E-state index < -0.39 is 0 Å². The number of benzene rings is 1. The third-order valence-corrected chi connectivity index (χ3v) is 4.91. The van der Waals surface area contributed by atoms with Gasteiger partial charge in [-0.3, -0.25) is 9.69 Å². The molecule has 0 radical (unpaired) electrons. The van der Waals surface area contributed by atoms with Crippen molar-refractivity contribution < 1.29 is 9.32 Å². The molecule has 1 aromatic heterocycles. The molecule has 0 saturated carbocycles. The normalized spacial score (nSPS) is 16.1. The van der Waals surface area contributed by atoms with Gasteiger partial charge < -0.3 is 14.3 Å². The van der Waals surface area contributed by atoms with Gasteiger partial charge in [0.25, 0.3) is 5.91 Å². The summed E-state index contributed by atoms with van der Waals surface area (Å²) in [5, 5.41) is 3.97. The smallest absolute Gasteiger partial charge is 0.276 e. The Hall–Kier alpha value is -2.44. The Morgan fingerprint density at radius 1 is 1.19 bits per heavy atom. The average Bonchev–Trinajstić information content (AvgIpc) is 3.17. The maximum Gasteiger partial charge on any atom is 0.276 e. The van der Waals surface area contributed by atoms with Crippen molar-refractivity contribution in [3.63, 3.8) is 0 Å². The van der Waals surface area contributed by atoms with E-state index in [4.69, 9.17) is 4.52 Å². The predicted octanol–water partition coefficient (Wildman–Crippen LogP) is 2.60. The first-order chi connectivity index (χ1) is 13.2. The fourth-order valence-corrected chi connectivity index (χ4v) is 3.16. The molecule has 144 valence electrons. The number of hydrogen-bond donors (Lipinski definition) is 0. The van der Waals surface area contributed by atoms with Crippen LogP contribution in [0.2, 0.25) is 0 Å². The van der Waals surface area contributed by atoms with E-state index in [1.165, 1.54) is 0 Å². The van der Waals surface area contributed by atoms with Gasteiger partial charge in [-0.1, -0.05) is 54.6 Å². The van der Waals surface area contributed by atoms with E-state index in [1.807, 2.05) is 42.5 Å². The maximum atomic E-state index is 12.5. The van der Waals surface area contributed by atoms with Crippen LogP contribution in [0.15, 0.2) is 47.0 Å². The highest BCUT2D eigenvalue weighted by molar-refractivity contribution is 5.92. The van der Waals surface area contributed by atoms with Crippen LogP contribution in [0.3, 0.4) is 0 Å². The Labute approximate surface area is 161 Å². The molecular weight excluding hydrogens is 340 g/mol. The number of likely N-dealkylation sites (N-methyl/N-ethyl adjacent to an activating group) is 2. The Morgan fingerprint density at radius 2 is 1.89 bits per heavy atom. The summed E-state index contributed by atoms with van der Waals surface area (Å²) in [5.41, 5.74) is 1.48. The van der Waals surface area contributed by atoms with E-state index in [9.17, 15) is 4.79 Å². The minimum atomic E-state index is -0.126. The molecule has 1 fully saturated rings. The number of amides is 1. The first-order valence-electron chi connectivity index (χ1n) is 9.53. The second kappa shape index (κ2) is 9.48. The minimum absolute atomic E-state index is 0.126. The van der Waals surface area contributed by atoms with Gasteiger partial charge in [0.05, 0.1) is 6.54 Å². The number of carbonyl (C=O) groups is 1. The van der Waals surface area contributed by atoms with Gasteiger partial charge in [-0.15, -0.1) is 0 Å². The van der Waals surface area contributed by atoms with E-state index in [0.29, 0.717) is 18.8 Å². The van der Waals surface area contributed by atoms with Crippen LogP contribution in [-0.4, -0.2) is 72.1 Å². The van der Waals surface area contributed by atoms with Crippen LogP contribution in [0.25, 0.3) is 6.08 Å². The highest BCUT2D eigenvalue weighted by Gasteiger charge is 2.20. The van der Waals surface area contributed by atoms with Gasteiger partial charge in [0, 0.05) is 45.8 Å². The summed E-state index contributed by atoms with van der Waals surface area (Å²) in [6.45, 7) is 8.70. The van der Waals surface area contributed by atoms with Crippen LogP contribution >= 0.6 is 0 Å². The van der Waals surface area contributed by atoms with Gasteiger partial charge >= 0.3 is 0 Å². The highest BCUT2D eigenvalue weighted by Crippen LogP contribution is 2.11. The molecule has 6 nitrogen and oxygen atoms in total. The van der Waals surface area contributed by atoms with Crippen molar-refractivity contribution in [3.8, 4) is 0 Å². The Morgan fingerprint density at radius 3 is 2.59 bits per heavy atom. The van der Waals surface area contributed by atoms with Crippen molar-refractivity contribution in [2.45, 2.75) is 13.5 Å². The topological polar surface area (TPSA) is 52.8 Å². The van der Waals surface area contributed by atoms with Crippen LogP contribution in [0.1, 0.15) is 28.7 Å². The van der Waals surface area contributed by atoms with Crippen molar-refractivity contribution in [2.75, 3.05) is 46.3 Å². The van der Waals surface area contributed by atoms with Crippen LogP contribution in [0, 0.1) is 0 Å². The Kier molecular flexibility index (Phi) is 6.79. The van der Waals surface area contributed by atoms with E-state index in [-0.39, 0.29) is 5.91 Å². The highest BCUT2D eigenvalue weighted by atomic mass is 16.5. The third kappa shape index (κ3) is 5.52. The first-order valence-corrected chi connectivity index (χ1v) is 9.53. The molecule has 0 unspecified atom stereocenters. The molecule has 2 heterocycles. The molecule has 1 amide bonds. The lowest BCUT2D eigenvalue weighted by Crippen LogP contribution is -2.45. The van der Waals surface area contributed by atoms with E-state index in [1.54, 1.807) is 18.0 Å². The summed E-state index contributed by atoms with van der Waals surface area (Å²) < 4.78 is 5.39. The van der Waals surface area contributed by atoms with Gasteiger partial charge in [-0.2, -0.15) is 0 Å². The molecule has 0 bridgehead atoms. The molecule has 1 aromatic carbocycles. The van der Waals surface area contributed by atoms with Crippen LogP contribution in [-0.2, 0) is 6.54 Å². The van der Waals surface area contributed by atoms with Gasteiger partial charge in [0.15, 0.2) is 11.5 Å². The molecule has 0 N–H and O–H groups in total. The number of carbonyl (C=O) groups excluding carboxylic acids is 1. The van der Waals surface area contributed by atoms with Crippen LogP contribution < -0.4 is 0 Å². The summed E-state index contributed by atoms with van der Waals surface area (Å²) in [6, 6.07) is 11.8. The Balaban J connectivity index is 1.49. The largest absolute Gasteiger partial charge is 0.359 e. The summed E-state index contributed by atoms with van der Waals surface area (Å²) in [7, 11) is 1.77. The summed E-state index contributed by atoms with van der Waals surface area (Å²) in [6.07, 6.45) is 3.98. The molecule has 6 heteroatoms. The summed E-state index contributed by atoms with van der Waals surface area (Å²) in [5.74, 6) is 0.620. The molecule has 2 aromatic rings. The standard InChI is InChI=1S/C21H28N4O2/c1-3-24-12-14-25(15-13-24)17-19-16-20(22-27-19)21(26)23(2)11-7-10-18-8-5-4-6-9-18/h4-10,16H,3,11-15,17H2,1-2H3. The minimum Gasteiger partial charge on any atom is -0.359 e.